The fraction of sp³-hybridized carbons (Fsp3) is 0.300. The van der Waals surface area contributed by atoms with Gasteiger partial charge in [-0.3, -0.25) is 4.79 Å². The largest absolute Gasteiger partial charge is 0.505 e. The Morgan fingerprint density at radius 1 is 1.47 bits per heavy atom. The zero-order valence-electron chi connectivity index (χ0n) is 8.16. The van der Waals surface area contributed by atoms with Gasteiger partial charge in [-0.05, 0) is 18.1 Å². The fourth-order valence-corrected chi connectivity index (χ4v) is 1.13. The molecule has 4 nitrogen and oxygen atoms in total. The molecule has 1 aromatic rings. The van der Waals surface area contributed by atoms with Crippen LogP contribution in [-0.4, -0.2) is 23.3 Å². The summed E-state index contributed by atoms with van der Waals surface area (Å²) in [4.78, 5) is 10.8. The van der Waals surface area contributed by atoms with E-state index in [0.29, 0.717) is 0 Å². The van der Waals surface area contributed by atoms with Crippen LogP contribution in [-0.2, 0) is 16.0 Å². The van der Waals surface area contributed by atoms with Gasteiger partial charge in [0, 0.05) is 6.42 Å². The Hall–Kier alpha value is -1.78. The van der Waals surface area contributed by atoms with Crippen molar-refractivity contribution < 1.29 is 24.1 Å². The van der Waals surface area contributed by atoms with Gasteiger partial charge in [-0.15, -0.1) is 0 Å². The molecule has 0 aromatic heterocycles. The molecule has 5 heteroatoms. The predicted octanol–water partition coefficient (Wildman–Crippen LogP) is 1.34. The van der Waals surface area contributed by atoms with Gasteiger partial charge in [0.25, 0.3) is 0 Å². The van der Waals surface area contributed by atoms with Crippen molar-refractivity contribution in [2.75, 3.05) is 7.11 Å². The molecule has 0 amide bonds. The number of halogens is 1. The molecule has 0 aliphatic rings. The number of rotatable bonds is 3. The van der Waals surface area contributed by atoms with Crippen LogP contribution < -0.4 is 0 Å². The van der Waals surface area contributed by atoms with Crippen LogP contribution >= 0.6 is 0 Å². The highest BCUT2D eigenvalue weighted by Crippen LogP contribution is 2.29. The van der Waals surface area contributed by atoms with Gasteiger partial charge in [0.15, 0.2) is 11.5 Å². The van der Waals surface area contributed by atoms with Crippen molar-refractivity contribution in [1.29, 1.82) is 0 Å². The number of methoxy groups -OCH3 is 1. The number of aromatic hydroxyl groups is 2. The first-order chi connectivity index (χ1) is 7.06. The van der Waals surface area contributed by atoms with Gasteiger partial charge in [-0.25, -0.2) is 0 Å². The number of carbonyl (C=O) groups is 1. The lowest BCUT2D eigenvalue weighted by molar-refractivity contribution is -0.140. The summed E-state index contributed by atoms with van der Waals surface area (Å²) >= 11 is 0. The summed E-state index contributed by atoms with van der Waals surface area (Å²) in [6, 6.07) is 2.48. The molecule has 0 radical (unpaired) electrons. The van der Waals surface area contributed by atoms with E-state index in [-0.39, 0.29) is 18.4 Å². The number of hydrogen-bond donors (Lipinski definition) is 2. The van der Waals surface area contributed by atoms with Gasteiger partial charge < -0.3 is 14.9 Å². The summed E-state index contributed by atoms with van der Waals surface area (Å²) in [7, 11) is 1.25. The SMILES string of the molecule is COC(=O)CCc1ccc(O)c(F)c1O. The zero-order chi connectivity index (χ0) is 11.4. The monoisotopic (exact) mass is 214 g/mol. The lowest BCUT2D eigenvalue weighted by Crippen LogP contribution is -2.02. The summed E-state index contributed by atoms with van der Waals surface area (Å²) in [6.07, 6.45) is 0.212. The first-order valence-corrected chi connectivity index (χ1v) is 4.32. The van der Waals surface area contributed by atoms with Gasteiger partial charge >= 0.3 is 5.97 Å². The van der Waals surface area contributed by atoms with Gasteiger partial charge in [0.2, 0.25) is 5.82 Å². The van der Waals surface area contributed by atoms with Crippen LogP contribution in [0.1, 0.15) is 12.0 Å². The smallest absolute Gasteiger partial charge is 0.305 e. The average molecular weight is 214 g/mol. The molecule has 15 heavy (non-hydrogen) atoms. The molecule has 0 bridgehead atoms. The number of aryl methyl sites for hydroxylation is 1. The van der Waals surface area contributed by atoms with E-state index in [9.17, 15) is 14.3 Å². The highest BCUT2D eigenvalue weighted by molar-refractivity contribution is 5.69. The number of benzene rings is 1. The van der Waals surface area contributed by atoms with E-state index >= 15 is 0 Å². The molecule has 1 rings (SSSR count). The average Bonchev–Trinajstić information content (AvgIpc) is 2.24. The van der Waals surface area contributed by atoms with Crippen LogP contribution in [0.3, 0.4) is 0 Å². The van der Waals surface area contributed by atoms with Crippen molar-refractivity contribution >= 4 is 5.97 Å². The molecule has 0 unspecified atom stereocenters. The van der Waals surface area contributed by atoms with E-state index in [4.69, 9.17) is 5.11 Å². The van der Waals surface area contributed by atoms with Crippen molar-refractivity contribution in [2.24, 2.45) is 0 Å². The molecular formula is C10H11FO4. The normalized spacial score (nSPS) is 10.0. The first-order valence-electron chi connectivity index (χ1n) is 4.32. The van der Waals surface area contributed by atoms with E-state index in [2.05, 4.69) is 4.74 Å². The molecular weight excluding hydrogens is 203 g/mol. The second-order valence-electron chi connectivity index (χ2n) is 2.98. The van der Waals surface area contributed by atoms with Crippen LogP contribution in [0.25, 0.3) is 0 Å². The first kappa shape index (κ1) is 11.3. The Morgan fingerprint density at radius 3 is 2.73 bits per heavy atom. The van der Waals surface area contributed by atoms with Crippen molar-refractivity contribution in [3.8, 4) is 11.5 Å². The minimum Gasteiger partial charge on any atom is -0.505 e. The third-order valence-corrected chi connectivity index (χ3v) is 2.01. The second kappa shape index (κ2) is 4.63. The second-order valence-corrected chi connectivity index (χ2v) is 2.98. The van der Waals surface area contributed by atoms with Crippen molar-refractivity contribution in [3.63, 3.8) is 0 Å². The fourth-order valence-electron chi connectivity index (χ4n) is 1.13. The topological polar surface area (TPSA) is 66.8 Å². The van der Waals surface area contributed by atoms with E-state index in [1.807, 2.05) is 0 Å². The minimum absolute atomic E-state index is 0.0499. The third-order valence-electron chi connectivity index (χ3n) is 2.01. The maximum Gasteiger partial charge on any atom is 0.305 e. The Bertz CT molecular complexity index is 376. The van der Waals surface area contributed by atoms with E-state index in [0.717, 1.165) is 6.07 Å². The highest BCUT2D eigenvalue weighted by Gasteiger charge is 2.12. The van der Waals surface area contributed by atoms with Crippen LogP contribution in [0.4, 0.5) is 4.39 Å². The van der Waals surface area contributed by atoms with Crippen LogP contribution in [0.2, 0.25) is 0 Å². The number of hydrogen-bond acceptors (Lipinski definition) is 4. The summed E-state index contributed by atoms with van der Waals surface area (Å²) in [5, 5.41) is 18.2. The molecule has 0 heterocycles. The molecule has 82 valence electrons. The van der Waals surface area contributed by atoms with Crippen molar-refractivity contribution in [2.45, 2.75) is 12.8 Å². The van der Waals surface area contributed by atoms with E-state index < -0.39 is 23.3 Å². The summed E-state index contributed by atoms with van der Waals surface area (Å²) in [5.74, 6) is -2.76. The molecule has 0 spiro atoms. The lowest BCUT2D eigenvalue weighted by Gasteiger charge is -2.05. The van der Waals surface area contributed by atoms with Gasteiger partial charge in [-0.1, -0.05) is 6.07 Å². The number of carbonyl (C=O) groups excluding carboxylic acids is 1. The zero-order valence-corrected chi connectivity index (χ0v) is 8.16. The van der Waals surface area contributed by atoms with Crippen LogP contribution in [0, 0.1) is 5.82 Å². The van der Waals surface area contributed by atoms with Gasteiger partial charge in [-0.2, -0.15) is 4.39 Å². The highest BCUT2D eigenvalue weighted by atomic mass is 19.1. The van der Waals surface area contributed by atoms with E-state index in [1.54, 1.807) is 0 Å². The maximum absolute atomic E-state index is 13.0. The van der Waals surface area contributed by atoms with Gasteiger partial charge in [0.1, 0.15) is 0 Å². The Labute approximate surface area is 85.9 Å². The molecule has 0 atom stereocenters. The summed E-state index contributed by atoms with van der Waals surface area (Å²) < 4.78 is 17.4. The number of phenolic OH excluding ortho intramolecular Hbond substituents is 2. The Balaban J connectivity index is 2.78. The van der Waals surface area contributed by atoms with Crippen molar-refractivity contribution in [1.82, 2.24) is 0 Å². The molecule has 0 saturated carbocycles. The van der Waals surface area contributed by atoms with Gasteiger partial charge in [0.05, 0.1) is 7.11 Å². The predicted molar refractivity (Wildman–Crippen MR) is 50.1 cm³/mol. The molecule has 0 aliphatic carbocycles. The summed E-state index contributed by atoms with van der Waals surface area (Å²) in [5.41, 5.74) is 0.260. The molecule has 2 N–H and O–H groups in total. The van der Waals surface area contributed by atoms with Crippen LogP contribution in [0.5, 0.6) is 11.5 Å². The third kappa shape index (κ3) is 2.59. The standard InChI is InChI=1S/C10H11FO4/c1-15-8(13)5-3-6-2-4-7(12)9(11)10(6)14/h2,4,12,14H,3,5H2,1H3. The summed E-state index contributed by atoms with van der Waals surface area (Å²) in [6.45, 7) is 0. The maximum atomic E-state index is 13.0. The number of ether oxygens (including phenoxy) is 1. The Morgan fingerprint density at radius 2 is 2.13 bits per heavy atom. The number of phenols is 2. The molecule has 1 aromatic carbocycles. The minimum atomic E-state index is -1.07. The van der Waals surface area contributed by atoms with Crippen LogP contribution in [0.15, 0.2) is 12.1 Å². The number of esters is 1. The quantitative estimate of drug-likeness (QED) is 0.745. The molecule has 0 aliphatic heterocycles. The lowest BCUT2D eigenvalue weighted by atomic mass is 10.1. The molecule has 0 saturated heterocycles. The Kier molecular flexibility index (Phi) is 3.49. The molecule has 0 fully saturated rings. The van der Waals surface area contributed by atoms with E-state index in [1.165, 1.54) is 13.2 Å². The van der Waals surface area contributed by atoms with Crippen molar-refractivity contribution in [3.05, 3.63) is 23.5 Å².